The lowest BCUT2D eigenvalue weighted by Gasteiger charge is -2.06. The molecule has 0 fully saturated rings. The number of hydrogen-bond acceptors (Lipinski definition) is 2. The van der Waals surface area contributed by atoms with Gasteiger partial charge in [-0.25, -0.2) is 4.79 Å². The van der Waals surface area contributed by atoms with Crippen LogP contribution in [0, 0.1) is 6.92 Å². The maximum absolute atomic E-state index is 11.1. The van der Waals surface area contributed by atoms with E-state index in [2.05, 4.69) is 18.0 Å². The highest BCUT2D eigenvalue weighted by Gasteiger charge is 2.08. The van der Waals surface area contributed by atoms with Crippen LogP contribution in [0.1, 0.15) is 39.7 Å². The zero-order valence-electron chi connectivity index (χ0n) is 11.2. The second-order valence-corrected chi connectivity index (χ2v) is 4.64. The van der Waals surface area contributed by atoms with E-state index in [0.29, 0.717) is 12.0 Å². The van der Waals surface area contributed by atoms with Crippen LogP contribution >= 0.6 is 0 Å². The van der Waals surface area contributed by atoms with Crippen molar-refractivity contribution in [2.75, 3.05) is 0 Å². The molecule has 0 unspecified atom stereocenters. The van der Waals surface area contributed by atoms with E-state index in [0.717, 1.165) is 23.2 Å². The summed E-state index contributed by atoms with van der Waals surface area (Å²) in [7, 11) is 0. The van der Waals surface area contributed by atoms with Gasteiger partial charge in [0.05, 0.1) is 5.56 Å². The van der Waals surface area contributed by atoms with Crippen molar-refractivity contribution < 1.29 is 9.90 Å². The summed E-state index contributed by atoms with van der Waals surface area (Å²) in [5, 5.41) is 9.11. The molecule has 0 aliphatic heterocycles. The Hall–Kier alpha value is -2.16. The van der Waals surface area contributed by atoms with Crippen molar-refractivity contribution in [1.29, 1.82) is 0 Å². The smallest absolute Gasteiger partial charge is 0.335 e. The van der Waals surface area contributed by atoms with E-state index in [4.69, 9.17) is 5.11 Å². The predicted octanol–water partition coefficient (Wildman–Crippen LogP) is 3.24. The molecule has 19 heavy (non-hydrogen) atoms. The molecule has 3 heteroatoms. The Kier molecular flexibility index (Phi) is 3.95. The van der Waals surface area contributed by atoms with Crippen molar-refractivity contribution in [1.82, 2.24) is 4.98 Å². The Morgan fingerprint density at radius 2 is 1.95 bits per heavy atom. The number of aromatic nitrogens is 1. The molecule has 1 heterocycles. The Morgan fingerprint density at radius 3 is 2.53 bits per heavy atom. The maximum Gasteiger partial charge on any atom is 0.335 e. The molecule has 0 spiro atoms. The van der Waals surface area contributed by atoms with Gasteiger partial charge in [-0.05, 0) is 42.2 Å². The standard InChI is InChI=1S/C16H17NO2/c1-3-12-6-7-14(17-10-12)8-13-5-4-11(2)15(9-13)16(18)19/h4-7,9-10H,3,8H2,1-2H3,(H,18,19). The van der Waals surface area contributed by atoms with Crippen LogP contribution in [0.3, 0.4) is 0 Å². The molecule has 0 saturated carbocycles. The molecule has 1 aromatic carbocycles. The average Bonchev–Trinajstić information content (AvgIpc) is 2.41. The lowest BCUT2D eigenvalue weighted by Crippen LogP contribution is -2.02. The Bertz CT molecular complexity index is 588. The lowest BCUT2D eigenvalue weighted by atomic mass is 10.0. The zero-order chi connectivity index (χ0) is 13.8. The van der Waals surface area contributed by atoms with E-state index in [1.165, 1.54) is 5.56 Å². The van der Waals surface area contributed by atoms with Crippen molar-refractivity contribution in [2.45, 2.75) is 26.7 Å². The Morgan fingerprint density at radius 1 is 1.21 bits per heavy atom. The normalized spacial score (nSPS) is 10.4. The summed E-state index contributed by atoms with van der Waals surface area (Å²) in [5.74, 6) is -0.881. The molecule has 0 amide bonds. The topological polar surface area (TPSA) is 50.2 Å². The number of hydrogen-bond donors (Lipinski definition) is 1. The van der Waals surface area contributed by atoms with Crippen LogP contribution in [0.4, 0.5) is 0 Å². The summed E-state index contributed by atoms with van der Waals surface area (Å²) in [6.45, 7) is 3.90. The van der Waals surface area contributed by atoms with Gasteiger partial charge in [-0.3, -0.25) is 4.98 Å². The summed E-state index contributed by atoms with van der Waals surface area (Å²) in [4.78, 5) is 15.5. The van der Waals surface area contributed by atoms with Crippen LogP contribution in [0.5, 0.6) is 0 Å². The SMILES string of the molecule is CCc1ccc(Cc2ccc(C)c(C(=O)O)c2)nc1. The molecule has 2 aromatic rings. The van der Waals surface area contributed by atoms with Crippen molar-refractivity contribution in [3.63, 3.8) is 0 Å². The minimum absolute atomic E-state index is 0.364. The third-order valence-electron chi connectivity index (χ3n) is 3.21. The van der Waals surface area contributed by atoms with Gasteiger partial charge in [-0.15, -0.1) is 0 Å². The van der Waals surface area contributed by atoms with Gasteiger partial charge in [0.15, 0.2) is 0 Å². The highest BCUT2D eigenvalue weighted by Crippen LogP contribution is 2.14. The predicted molar refractivity (Wildman–Crippen MR) is 74.6 cm³/mol. The lowest BCUT2D eigenvalue weighted by molar-refractivity contribution is 0.0696. The number of carboxylic acids is 1. The van der Waals surface area contributed by atoms with E-state index < -0.39 is 5.97 Å². The molecule has 1 N–H and O–H groups in total. The number of rotatable bonds is 4. The molecule has 2 rings (SSSR count). The van der Waals surface area contributed by atoms with Crippen LogP contribution in [0.2, 0.25) is 0 Å². The number of pyridine rings is 1. The second-order valence-electron chi connectivity index (χ2n) is 4.64. The summed E-state index contributed by atoms with van der Waals surface area (Å²) in [6.07, 6.45) is 3.51. The van der Waals surface area contributed by atoms with Gasteiger partial charge < -0.3 is 5.11 Å². The highest BCUT2D eigenvalue weighted by molar-refractivity contribution is 5.89. The van der Waals surface area contributed by atoms with E-state index in [-0.39, 0.29) is 0 Å². The first kappa shape index (κ1) is 13.3. The Labute approximate surface area is 112 Å². The number of benzene rings is 1. The van der Waals surface area contributed by atoms with Gasteiger partial charge in [0.2, 0.25) is 0 Å². The highest BCUT2D eigenvalue weighted by atomic mass is 16.4. The van der Waals surface area contributed by atoms with Crippen molar-refractivity contribution in [3.05, 3.63) is 64.5 Å². The van der Waals surface area contributed by atoms with E-state index >= 15 is 0 Å². The van der Waals surface area contributed by atoms with Gasteiger partial charge >= 0.3 is 5.97 Å². The molecule has 0 aliphatic rings. The van der Waals surface area contributed by atoms with Crippen LogP contribution in [0.15, 0.2) is 36.5 Å². The number of carbonyl (C=O) groups is 1. The van der Waals surface area contributed by atoms with Crippen molar-refractivity contribution in [3.8, 4) is 0 Å². The third-order valence-corrected chi connectivity index (χ3v) is 3.21. The van der Waals surface area contributed by atoms with Crippen LogP contribution in [-0.2, 0) is 12.8 Å². The minimum atomic E-state index is -0.881. The summed E-state index contributed by atoms with van der Waals surface area (Å²) < 4.78 is 0. The van der Waals surface area contributed by atoms with Crippen molar-refractivity contribution >= 4 is 5.97 Å². The molecular weight excluding hydrogens is 238 g/mol. The monoisotopic (exact) mass is 255 g/mol. The number of nitrogens with zero attached hydrogens (tertiary/aromatic N) is 1. The molecule has 0 aliphatic carbocycles. The van der Waals surface area contributed by atoms with Gasteiger partial charge in [0.1, 0.15) is 0 Å². The van der Waals surface area contributed by atoms with Crippen LogP contribution < -0.4 is 0 Å². The molecule has 0 saturated heterocycles. The second kappa shape index (κ2) is 5.65. The summed E-state index contributed by atoms with van der Waals surface area (Å²) in [5.41, 5.74) is 4.28. The molecule has 0 bridgehead atoms. The van der Waals surface area contributed by atoms with Gasteiger partial charge in [-0.1, -0.05) is 25.1 Å². The molecule has 0 atom stereocenters. The van der Waals surface area contributed by atoms with Gasteiger partial charge in [0.25, 0.3) is 0 Å². The van der Waals surface area contributed by atoms with E-state index in [1.807, 2.05) is 31.3 Å². The maximum atomic E-state index is 11.1. The largest absolute Gasteiger partial charge is 0.478 e. The number of carboxylic acid groups (broad SMARTS) is 1. The first-order valence-corrected chi connectivity index (χ1v) is 6.36. The average molecular weight is 255 g/mol. The van der Waals surface area contributed by atoms with Gasteiger partial charge in [-0.2, -0.15) is 0 Å². The Balaban J connectivity index is 2.22. The zero-order valence-corrected chi connectivity index (χ0v) is 11.2. The summed E-state index contributed by atoms with van der Waals surface area (Å²) >= 11 is 0. The van der Waals surface area contributed by atoms with Crippen LogP contribution in [-0.4, -0.2) is 16.1 Å². The molecule has 1 aromatic heterocycles. The number of aryl methyl sites for hydroxylation is 2. The van der Waals surface area contributed by atoms with E-state index in [9.17, 15) is 4.79 Å². The van der Waals surface area contributed by atoms with Crippen molar-refractivity contribution in [2.24, 2.45) is 0 Å². The van der Waals surface area contributed by atoms with Gasteiger partial charge in [0, 0.05) is 18.3 Å². The quantitative estimate of drug-likeness (QED) is 0.912. The third kappa shape index (κ3) is 3.19. The van der Waals surface area contributed by atoms with E-state index in [1.54, 1.807) is 6.07 Å². The fourth-order valence-corrected chi connectivity index (χ4v) is 1.99. The number of aromatic carboxylic acids is 1. The minimum Gasteiger partial charge on any atom is -0.478 e. The summed E-state index contributed by atoms with van der Waals surface area (Å²) in [6, 6.07) is 9.59. The first-order chi connectivity index (χ1) is 9.10. The fourth-order valence-electron chi connectivity index (χ4n) is 1.99. The molecular formula is C16H17NO2. The molecule has 3 nitrogen and oxygen atoms in total. The first-order valence-electron chi connectivity index (χ1n) is 6.36. The molecule has 98 valence electrons. The molecule has 0 radical (unpaired) electrons. The fraction of sp³-hybridized carbons (Fsp3) is 0.250. The van der Waals surface area contributed by atoms with Crippen LogP contribution in [0.25, 0.3) is 0 Å².